The van der Waals surface area contributed by atoms with Gasteiger partial charge < -0.3 is 9.84 Å². The van der Waals surface area contributed by atoms with Crippen molar-refractivity contribution in [3.05, 3.63) is 22.7 Å². The molecule has 1 saturated heterocycles. The maximum absolute atomic E-state index is 5.30. The minimum Gasteiger partial charge on any atom is -0.334 e. The van der Waals surface area contributed by atoms with Crippen molar-refractivity contribution in [3.63, 3.8) is 0 Å². The van der Waals surface area contributed by atoms with Crippen LogP contribution in [0.3, 0.4) is 0 Å². The monoisotopic (exact) mass is 286 g/mol. The summed E-state index contributed by atoms with van der Waals surface area (Å²) < 4.78 is 5.30. The second-order valence-electron chi connectivity index (χ2n) is 4.17. The first-order valence-corrected chi connectivity index (χ1v) is 6.56. The Bertz CT molecular complexity index is 487. The molecule has 5 nitrogen and oxygen atoms in total. The van der Waals surface area contributed by atoms with E-state index in [0.717, 1.165) is 31.0 Å². The lowest BCUT2D eigenvalue weighted by Crippen LogP contribution is -2.44. The van der Waals surface area contributed by atoms with Gasteiger partial charge in [-0.3, -0.25) is 4.90 Å². The van der Waals surface area contributed by atoms with Crippen molar-refractivity contribution in [3.8, 4) is 11.5 Å². The molecule has 0 aromatic carbocycles. The van der Waals surface area contributed by atoms with Gasteiger partial charge in [0.15, 0.2) is 5.82 Å². The Labute approximate surface area is 116 Å². The van der Waals surface area contributed by atoms with E-state index in [1.54, 1.807) is 11.3 Å². The molecule has 1 atom stereocenters. The zero-order valence-corrected chi connectivity index (χ0v) is 11.6. The fourth-order valence-electron chi connectivity index (χ4n) is 1.97. The minimum atomic E-state index is 0. The van der Waals surface area contributed by atoms with Crippen LogP contribution in [0, 0.1) is 0 Å². The van der Waals surface area contributed by atoms with Crippen LogP contribution < -0.4 is 5.32 Å². The number of hydrogen-bond acceptors (Lipinski definition) is 6. The summed E-state index contributed by atoms with van der Waals surface area (Å²) >= 11 is 1.63. The van der Waals surface area contributed by atoms with Crippen molar-refractivity contribution in [2.45, 2.75) is 6.04 Å². The summed E-state index contributed by atoms with van der Waals surface area (Å²) in [6.07, 6.45) is 0. The fourth-order valence-corrected chi connectivity index (χ4v) is 2.60. The van der Waals surface area contributed by atoms with Crippen molar-refractivity contribution in [2.24, 2.45) is 0 Å². The average Bonchev–Trinajstić information content (AvgIpc) is 3.00. The second-order valence-corrected chi connectivity index (χ2v) is 4.95. The normalized spacial score (nSPS) is 20.6. The molecule has 1 N–H and O–H groups in total. The van der Waals surface area contributed by atoms with Crippen molar-refractivity contribution in [2.75, 3.05) is 26.7 Å². The second kappa shape index (κ2) is 5.79. The smallest absolute Gasteiger partial charge is 0.258 e. The van der Waals surface area contributed by atoms with Gasteiger partial charge in [-0.1, -0.05) is 5.16 Å². The lowest BCUT2D eigenvalue weighted by Gasteiger charge is -2.30. The molecule has 7 heteroatoms. The van der Waals surface area contributed by atoms with Gasteiger partial charge in [0.2, 0.25) is 0 Å². The number of hydrogen-bond donors (Lipinski definition) is 1. The van der Waals surface area contributed by atoms with Crippen LogP contribution in [0.1, 0.15) is 11.9 Å². The first kappa shape index (κ1) is 13.5. The van der Waals surface area contributed by atoms with Crippen molar-refractivity contribution >= 4 is 23.7 Å². The predicted molar refractivity (Wildman–Crippen MR) is 73.1 cm³/mol. The quantitative estimate of drug-likeness (QED) is 0.912. The van der Waals surface area contributed by atoms with Gasteiger partial charge in [-0.25, -0.2) is 0 Å². The molecule has 0 aliphatic carbocycles. The molecular formula is C11H15ClN4OS. The highest BCUT2D eigenvalue weighted by Crippen LogP contribution is 2.23. The van der Waals surface area contributed by atoms with Gasteiger partial charge in [-0.15, -0.1) is 12.4 Å². The Balaban J connectivity index is 0.00000120. The van der Waals surface area contributed by atoms with Gasteiger partial charge in [-0.2, -0.15) is 16.3 Å². The van der Waals surface area contributed by atoms with Crippen LogP contribution in [0.4, 0.5) is 0 Å². The molecule has 3 heterocycles. The van der Waals surface area contributed by atoms with E-state index in [1.165, 1.54) is 0 Å². The van der Waals surface area contributed by atoms with Gasteiger partial charge in [0.05, 0.1) is 11.6 Å². The van der Waals surface area contributed by atoms with Crippen LogP contribution in [0.5, 0.6) is 0 Å². The third kappa shape index (κ3) is 2.56. The van der Waals surface area contributed by atoms with E-state index in [9.17, 15) is 0 Å². The highest BCUT2D eigenvalue weighted by Gasteiger charge is 2.25. The molecule has 0 amide bonds. The molecule has 0 radical (unpaired) electrons. The summed E-state index contributed by atoms with van der Waals surface area (Å²) in [6, 6.07) is 2.20. The Kier molecular flexibility index (Phi) is 4.34. The van der Waals surface area contributed by atoms with Crippen LogP contribution in [0.15, 0.2) is 21.3 Å². The summed E-state index contributed by atoms with van der Waals surface area (Å²) in [5.74, 6) is 1.38. The first-order valence-electron chi connectivity index (χ1n) is 5.62. The van der Waals surface area contributed by atoms with Crippen molar-refractivity contribution in [1.29, 1.82) is 0 Å². The Hall–Kier alpha value is -0.950. The molecule has 1 aliphatic rings. The topological polar surface area (TPSA) is 54.2 Å². The highest BCUT2D eigenvalue weighted by atomic mass is 35.5. The molecule has 0 saturated carbocycles. The van der Waals surface area contributed by atoms with Crippen LogP contribution in [0.2, 0.25) is 0 Å². The maximum atomic E-state index is 5.30. The van der Waals surface area contributed by atoms with Crippen molar-refractivity contribution in [1.82, 2.24) is 20.4 Å². The average molecular weight is 287 g/mol. The maximum Gasteiger partial charge on any atom is 0.258 e. The lowest BCUT2D eigenvalue weighted by molar-refractivity contribution is 0.190. The third-order valence-corrected chi connectivity index (χ3v) is 3.70. The number of aromatic nitrogens is 2. The zero-order chi connectivity index (χ0) is 11.7. The van der Waals surface area contributed by atoms with Crippen LogP contribution in [-0.2, 0) is 0 Å². The Morgan fingerprint density at radius 1 is 1.56 bits per heavy atom. The molecule has 18 heavy (non-hydrogen) atoms. The number of halogens is 1. The molecule has 0 spiro atoms. The largest absolute Gasteiger partial charge is 0.334 e. The molecule has 1 aliphatic heterocycles. The summed E-state index contributed by atoms with van der Waals surface area (Å²) in [7, 11) is 2.09. The van der Waals surface area contributed by atoms with E-state index in [0.29, 0.717) is 5.89 Å². The third-order valence-electron chi connectivity index (χ3n) is 3.02. The molecule has 2 aromatic rings. The zero-order valence-electron chi connectivity index (χ0n) is 10.00. The van der Waals surface area contributed by atoms with Crippen LogP contribution >= 0.6 is 23.7 Å². The SMILES string of the molecule is CN1CCNCC1c1noc(-c2ccsc2)n1.Cl. The predicted octanol–water partition coefficient (Wildman–Crippen LogP) is 1.80. The van der Waals surface area contributed by atoms with Crippen LogP contribution in [-0.4, -0.2) is 41.7 Å². The lowest BCUT2D eigenvalue weighted by atomic mass is 10.2. The van der Waals surface area contributed by atoms with Gasteiger partial charge in [0, 0.05) is 25.0 Å². The molecule has 98 valence electrons. The number of piperazine rings is 1. The van der Waals surface area contributed by atoms with Crippen LogP contribution in [0.25, 0.3) is 11.5 Å². The molecule has 2 aromatic heterocycles. The van der Waals surface area contributed by atoms with Gasteiger partial charge in [-0.05, 0) is 18.5 Å². The van der Waals surface area contributed by atoms with Gasteiger partial charge in [0.1, 0.15) is 0 Å². The fraction of sp³-hybridized carbons (Fsp3) is 0.455. The van der Waals surface area contributed by atoms with E-state index in [-0.39, 0.29) is 18.4 Å². The van der Waals surface area contributed by atoms with E-state index < -0.39 is 0 Å². The molecular weight excluding hydrogens is 272 g/mol. The highest BCUT2D eigenvalue weighted by molar-refractivity contribution is 7.08. The summed E-state index contributed by atoms with van der Waals surface area (Å²) in [4.78, 5) is 6.72. The summed E-state index contributed by atoms with van der Waals surface area (Å²) in [5.41, 5.74) is 1.00. The number of rotatable bonds is 2. The van der Waals surface area contributed by atoms with E-state index >= 15 is 0 Å². The molecule has 1 unspecified atom stereocenters. The van der Waals surface area contributed by atoms with E-state index in [1.807, 2.05) is 16.8 Å². The number of nitrogens with zero attached hydrogens (tertiary/aromatic N) is 3. The summed E-state index contributed by atoms with van der Waals surface area (Å²) in [5, 5.41) is 11.5. The van der Waals surface area contributed by atoms with Gasteiger partial charge >= 0.3 is 0 Å². The number of nitrogens with one attached hydrogen (secondary N) is 1. The Morgan fingerprint density at radius 3 is 3.17 bits per heavy atom. The summed E-state index contributed by atoms with van der Waals surface area (Å²) in [6.45, 7) is 2.90. The van der Waals surface area contributed by atoms with Crippen molar-refractivity contribution < 1.29 is 4.52 Å². The van der Waals surface area contributed by atoms with E-state index in [2.05, 4.69) is 27.4 Å². The van der Waals surface area contributed by atoms with E-state index in [4.69, 9.17) is 4.52 Å². The first-order chi connectivity index (χ1) is 8.34. The molecule has 0 bridgehead atoms. The van der Waals surface area contributed by atoms with Gasteiger partial charge in [0.25, 0.3) is 5.89 Å². The minimum absolute atomic E-state index is 0. The molecule has 1 fully saturated rings. The standard InChI is InChI=1S/C11H14N4OS.ClH/c1-15-4-3-12-6-9(15)10-13-11(16-14-10)8-2-5-17-7-8;/h2,5,7,9,12H,3-4,6H2,1H3;1H. The number of likely N-dealkylation sites (N-methyl/N-ethyl adjacent to an activating group) is 1. The Morgan fingerprint density at radius 2 is 2.44 bits per heavy atom. The molecule has 3 rings (SSSR count). The number of thiophene rings is 1.